The fourth-order valence-electron chi connectivity index (χ4n) is 2.00. The molecule has 0 saturated carbocycles. The van der Waals surface area contributed by atoms with Crippen molar-refractivity contribution in [3.8, 4) is 5.75 Å². The van der Waals surface area contributed by atoms with Crippen molar-refractivity contribution in [2.24, 2.45) is 0 Å². The highest BCUT2D eigenvalue weighted by Gasteiger charge is 2.15. The molecule has 0 aliphatic heterocycles. The van der Waals surface area contributed by atoms with Crippen LogP contribution in [0, 0.1) is 6.92 Å². The molecule has 0 spiro atoms. The highest BCUT2D eigenvalue weighted by Crippen LogP contribution is 2.22. The third kappa shape index (κ3) is 2.74. The Balaban J connectivity index is 2.31. The van der Waals surface area contributed by atoms with Crippen molar-refractivity contribution >= 4 is 17.3 Å². The summed E-state index contributed by atoms with van der Waals surface area (Å²) < 4.78 is 5.25. The van der Waals surface area contributed by atoms with Crippen LogP contribution in [0.5, 0.6) is 5.75 Å². The summed E-state index contributed by atoms with van der Waals surface area (Å²) >= 11 is 0. The van der Waals surface area contributed by atoms with E-state index in [2.05, 4.69) is 0 Å². The highest BCUT2D eigenvalue weighted by molar-refractivity contribution is 6.06. The van der Waals surface area contributed by atoms with Gasteiger partial charge in [0.25, 0.3) is 5.91 Å². The molecule has 2 rings (SSSR count). The molecule has 0 atom stereocenters. The Morgan fingerprint density at radius 2 is 1.95 bits per heavy atom. The summed E-state index contributed by atoms with van der Waals surface area (Å²) in [5.41, 5.74) is 8.71. The molecule has 2 N–H and O–H groups in total. The average molecular weight is 270 g/mol. The zero-order valence-corrected chi connectivity index (χ0v) is 11.9. The number of rotatable bonds is 3. The standard InChI is InChI=1S/C16H18N2O2/c1-11-7-8-12(9-15(11)20-3)16(19)18(2)14-6-4-5-13(17)10-14/h4-10H,17H2,1-3H3. The first-order valence-corrected chi connectivity index (χ1v) is 6.31. The number of hydrogen-bond donors (Lipinski definition) is 1. The van der Waals surface area contributed by atoms with E-state index >= 15 is 0 Å². The molecule has 2 aromatic rings. The molecular weight excluding hydrogens is 252 g/mol. The number of nitrogens with two attached hydrogens (primary N) is 1. The number of methoxy groups -OCH3 is 1. The first kappa shape index (κ1) is 13.9. The van der Waals surface area contributed by atoms with Gasteiger partial charge in [0.1, 0.15) is 5.75 Å². The van der Waals surface area contributed by atoms with Crippen LogP contribution in [-0.4, -0.2) is 20.1 Å². The summed E-state index contributed by atoms with van der Waals surface area (Å²) in [4.78, 5) is 14.0. The third-order valence-corrected chi connectivity index (χ3v) is 3.22. The van der Waals surface area contributed by atoms with Crippen LogP contribution in [0.15, 0.2) is 42.5 Å². The van der Waals surface area contributed by atoms with Crippen molar-refractivity contribution in [2.75, 3.05) is 24.8 Å². The minimum absolute atomic E-state index is 0.103. The number of nitrogens with zero attached hydrogens (tertiary/aromatic N) is 1. The summed E-state index contributed by atoms with van der Waals surface area (Å²) in [7, 11) is 3.32. The van der Waals surface area contributed by atoms with E-state index in [1.807, 2.05) is 25.1 Å². The monoisotopic (exact) mass is 270 g/mol. The number of anilines is 2. The Kier molecular flexibility index (Phi) is 3.94. The Hall–Kier alpha value is -2.49. The largest absolute Gasteiger partial charge is 0.496 e. The lowest BCUT2D eigenvalue weighted by atomic mass is 10.1. The minimum atomic E-state index is -0.103. The first-order chi connectivity index (χ1) is 9.52. The van der Waals surface area contributed by atoms with Crippen LogP contribution < -0.4 is 15.4 Å². The molecule has 104 valence electrons. The molecule has 0 aromatic heterocycles. The molecule has 0 aliphatic rings. The molecular formula is C16H18N2O2. The van der Waals surface area contributed by atoms with E-state index in [0.29, 0.717) is 17.0 Å². The van der Waals surface area contributed by atoms with Gasteiger partial charge in [-0.05, 0) is 42.8 Å². The van der Waals surface area contributed by atoms with Gasteiger partial charge in [0.2, 0.25) is 0 Å². The van der Waals surface area contributed by atoms with Crippen LogP contribution >= 0.6 is 0 Å². The van der Waals surface area contributed by atoms with Gasteiger partial charge in [-0.3, -0.25) is 4.79 Å². The van der Waals surface area contributed by atoms with E-state index in [1.165, 1.54) is 0 Å². The van der Waals surface area contributed by atoms with E-state index in [9.17, 15) is 4.79 Å². The molecule has 0 aliphatic carbocycles. The third-order valence-electron chi connectivity index (χ3n) is 3.22. The van der Waals surface area contributed by atoms with Gasteiger partial charge in [-0.2, -0.15) is 0 Å². The minimum Gasteiger partial charge on any atom is -0.496 e. The van der Waals surface area contributed by atoms with Crippen LogP contribution in [0.25, 0.3) is 0 Å². The summed E-state index contributed by atoms with van der Waals surface area (Å²) in [5, 5.41) is 0. The van der Waals surface area contributed by atoms with Gasteiger partial charge in [-0.25, -0.2) is 0 Å². The zero-order valence-electron chi connectivity index (χ0n) is 11.9. The predicted molar refractivity (Wildman–Crippen MR) is 81.3 cm³/mol. The second kappa shape index (κ2) is 5.65. The molecule has 4 heteroatoms. The Bertz CT molecular complexity index is 638. The maximum Gasteiger partial charge on any atom is 0.258 e. The molecule has 2 aromatic carbocycles. The van der Waals surface area contributed by atoms with Gasteiger partial charge in [-0.1, -0.05) is 12.1 Å². The highest BCUT2D eigenvalue weighted by atomic mass is 16.5. The van der Waals surface area contributed by atoms with Crippen LogP contribution in [0.4, 0.5) is 11.4 Å². The van der Waals surface area contributed by atoms with Crippen LogP contribution in [0.2, 0.25) is 0 Å². The van der Waals surface area contributed by atoms with E-state index in [0.717, 1.165) is 11.3 Å². The number of aryl methyl sites for hydroxylation is 1. The smallest absolute Gasteiger partial charge is 0.258 e. The average Bonchev–Trinajstić information content (AvgIpc) is 2.46. The molecule has 0 radical (unpaired) electrons. The van der Waals surface area contributed by atoms with Gasteiger partial charge in [0.15, 0.2) is 0 Å². The summed E-state index contributed by atoms with van der Waals surface area (Å²) in [6, 6.07) is 12.6. The van der Waals surface area contributed by atoms with Crippen molar-refractivity contribution in [1.82, 2.24) is 0 Å². The number of nitrogen functional groups attached to an aromatic ring is 1. The van der Waals surface area contributed by atoms with E-state index < -0.39 is 0 Å². The van der Waals surface area contributed by atoms with Crippen molar-refractivity contribution in [2.45, 2.75) is 6.92 Å². The zero-order chi connectivity index (χ0) is 14.7. The molecule has 20 heavy (non-hydrogen) atoms. The second-order valence-corrected chi connectivity index (χ2v) is 4.64. The first-order valence-electron chi connectivity index (χ1n) is 6.31. The molecule has 0 fully saturated rings. The number of amides is 1. The summed E-state index contributed by atoms with van der Waals surface area (Å²) in [5.74, 6) is 0.603. The van der Waals surface area contributed by atoms with Gasteiger partial charge in [-0.15, -0.1) is 0 Å². The number of carbonyl (C=O) groups excluding carboxylic acids is 1. The molecule has 0 bridgehead atoms. The fourth-order valence-corrected chi connectivity index (χ4v) is 2.00. The van der Waals surface area contributed by atoms with E-state index in [4.69, 9.17) is 10.5 Å². The van der Waals surface area contributed by atoms with Gasteiger partial charge in [0, 0.05) is 24.0 Å². The molecule has 0 heterocycles. The Labute approximate surface area is 118 Å². The van der Waals surface area contributed by atoms with E-state index in [1.54, 1.807) is 43.3 Å². The Morgan fingerprint density at radius 1 is 1.20 bits per heavy atom. The van der Waals surface area contributed by atoms with Crippen LogP contribution in [0.3, 0.4) is 0 Å². The molecule has 0 unspecified atom stereocenters. The summed E-state index contributed by atoms with van der Waals surface area (Å²) in [6.45, 7) is 1.94. The topological polar surface area (TPSA) is 55.6 Å². The van der Waals surface area contributed by atoms with Gasteiger partial charge >= 0.3 is 0 Å². The normalized spacial score (nSPS) is 10.2. The second-order valence-electron chi connectivity index (χ2n) is 4.64. The quantitative estimate of drug-likeness (QED) is 0.872. The van der Waals surface area contributed by atoms with E-state index in [-0.39, 0.29) is 5.91 Å². The number of ether oxygens (including phenoxy) is 1. The fraction of sp³-hybridized carbons (Fsp3) is 0.188. The number of benzene rings is 2. The Morgan fingerprint density at radius 3 is 2.60 bits per heavy atom. The maximum absolute atomic E-state index is 12.5. The van der Waals surface area contributed by atoms with Crippen LogP contribution in [-0.2, 0) is 0 Å². The number of carbonyl (C=O) groups is 1. The van der Waals surface area contributed by atoms with Crippen LogP contribution in [0.1, 0.15) is 15.9 Å². The van der Waals surface area contributed by atoms with Gasteiger partial charge < -0.3 is 15.4 Å². The predicted octanol–water partition coefficient (Wildman–Crippen LogP) is 2.86. The summed E-state index contributed by atoms with van der Waals surface area (Å²) in [6.07, 6.45) is 0. The van der Waals surface area contributed by atoms with Crippen molar-refractivity contribution in [3.63, 3.8) is 0 Å². The van der Waals surface area contributed by atoms with Crippen molar-refractivity contribution < 1.29 is 9.53 Å². The van der Waals surface area contributed by atoms with Gasteiger partial charge in [0.05, 0.1) is 7.11 Å². The lowest BCUT2D eigenvalue weighted by Gasteiger charge is -2.18. The van der Waals surface area contributed by atoms with Crippen molar-refractivity contribution in [1.29, 1.82) is 0 Å². The SMILES string of the molecule is COc1cc(C(=O)N(C)c2cccc(N)c2)ccc1C. The lowest BCUT2D eigenvalue weighted by molar-refractivity contribution is 0.0992. The maximum atomic E-state index is 12.5. The lowest BCUT2D eigenvalue weighted by Crippen LogP contribution is -2.26. The van der Waals surface area contributed by atoms with Crippen molar-refractivity contribution in [3.05, 3.63) is 53.6 Å². The number of hydrogen-bond acceptors (Lipinski definition) is 3. The molecule has 1 amide bonds. The molecule has 4 nitrogen and oxygen atoms in total. The molecule has 0 saturated heterocycles.